The molecule has 128 valence electrons. The van der Waals surface area contributed by atoms with Crippen molar-refractivity contribution in [2.75, 3.05) is 11.9 Å². The third-order valence-corrected chi connectivity index (χ3v) is 4.07. The van der Waals surface area contributed by atoms with Crippen molar-refractivity contribution in [3.8, 4) is 0 Å². The van der Waals surface area contributed by atoms with Gasteiger partial charge in [-0.3, -0.25) is 19.7 Å². The van der Waals surface area contributed by atoms with Gasteiger partial charge in [-0.05, 0) is 12.5 Å². The Morgan fingerprint density at radius 3 is 2.83 bits per heavy atom. The number of aromatic amines is 1. The van der Waals surface area contributed by atoms with E-state index in [1.165, 1.54) is 29.7 Å². The van der Waals surface area contributed by atoms with Crippen LogP contribution in [0.25, 0.3) is 0 Å². The maximum Gasteiger partial charge on any atom is 0.258 e. The van der Waals surface area contributed by atoms with Crippen LogP contribution in [0.3, 0.4) is 0 Å². The number of nitrogens with one attached hydrogen (secondary N) is 3. The minimum Gasteiger partial charge on any atom is -0.356 e. The standard InChI is InChI=1S/C16H20N4O3S/c1-2-3-4-7-17-14(22)8-12-10-24-16(19-12)20-15(23)11-5-6-13(21)18-9-11/h5-6,9-10H,2-4,7-8H2,1H3,(H,17,22)(H,18,21)(H,19,20,23). The van der Waals surface area contributed by atoms with Crippen LogP contribution in [0.15, 0.2) is 28.5 Å². The number of nitrogens with zero attached hydrogens (tertiary/aromatic N) is 1. The molecule has 2 heterocycles. The normalized spacial score (nSPS) is 10.4. The number of anilines is 1. The van der Waals surface area contributed by atoms with Gasteiger partial charge in [0.2, 0.25) is 11.5 Å². The summed E-state index contributed by atoms with van der Waals surface area (Å²) < 4.78 is 0. The minimum atomic E-state index is -0.365. The van der Waals surface area contributed by atoms with E-state index in [0.717, 1.165) is 19.3 Å². The first-order chi connectivity index (χ1) is 11.6. The van der Waals surface area contributed by atoms with E-state index in [1.54, 1.807) is 5.38 Å². The van der Waals surface area contributed by atoms with E-state index >= 15 is 0 Å². The summed E-state index contributed by atoms with van der Waals surface area (Å²) in [7, 11) is 0. The van der Waals surface area contributed by atoms with E-state index < -0.39 is 0 Å². The number of aromatic nitrogens is 2. The molecule has 2 rings (SSSR count). The quantitative estimate of drug-likeness (QED) is 0.634. The second-order valence-electron chi connectivity index (χ2n) is 5.27. The molecule has 0 fully saturated rings. The lowest BCUT2D eigenvalue weighted by atomic mass is 10.2. The van der Waals surface area contributed by atoms with Gasteiger partial charge in [-0.1, -0.05) is 19.8 Å². The van der Waals surface area contributed by atoms with Gasteiger partial charge in [0.1, 0.15) is 0 Å². The Labute approximate surface area is 143 Å². The molecule has 0 atom stereocenters. The lowest BCUT2D eigenvalue weighted by Crippen LogP contribution is -2.26. The number of amides is 2. The van der Waals surface area contributed by atoms with E-state index in [4.69, 9.17) is 0 Å². The van der Waals surface area contributed by atoms with Crippen molar-refractivity contribution in [1.82, 2.24) is 15.3 Å². The van der Waals surface area contributed by atoms with Crippen molar-refractivity contribution in [2.24, 2.45) is 0 Å². The van der Waals surface area contributed by atoms with Gasteiger partial charge in [0, 0.05) is 24.2 Å². The van der Waals surface area contributed by atoms with Crippen LogP contribution in [0.1, 0.15) is 42.2 Å². The zero-order chi connectivity index (χ0) is 17.4. The molecule has 0 bridgehead atoms. The Morgan fingerprint density at radius 1 is 1.29 bits per heavy atom. The second-order valence-corrected chi connectivity index (χ2v) is 6.13. The zero-order valence-electron chi connectivity index (χ0n) is 13.4. The molecule has 8 heteroatoms. The lowest BCUT2D eigenvalue weighted by molar-refractivity contribution is -0.120. The van der Waals surface area contributed by atoms with Crippen LogP contribution in [0.5, 0.6) is 0 Å². The molecule has 24 heavy (non-hydrogen) atoms. The van der Waals surface area contributed by atoms with E-state index in [-0.39, 0.29) is 23.8 Å². The molecule has 7 nitrogen and oxygen atoms in total. The summed E-state index contributed by atoms with van der Waals surface area (Å²) in [4.78, 5) is 41.5. The van der Waals surface area contributed by atoms with Crippen LogP contribution in [0.2, 0.25) is 0 Å². The first-order valence-corrected chi connectivity index (χ1v) is 8.67. The minimum absolute atomic E-state index is 0.0742. The fourth-order valence-corrected chi connectivity index (χ4v) is 2.70. The highest BCUT2D eigenvalue weighted by molar-refractivity contribution is 7.14. The van der Waals surface area contributed by atoms with Gasteiger partial charge in [0.05, 0.1) is 17.7 Å². The summed E-state index contributed by atoms with van der Waals surface area (Å²) in [5, 5.41) is 7.66. The predicted molar refractivity (Wildman–Crippen MR) is 93.4 cm³/mol. The second kappa shape index (κ2) is 8.97. The van der Waals surface area contributed by atoms with Gasteiger partial charge in [0.25, 0.3) is 5.91 Å². The predicted octanol–water partition coefficient (Wildman–Crippen LogP) is 1.93. The number of rotatable bonds is 8. The molecule has 0 aliphatic carbocycles. The van der Waals surface area contributed by atoms with E-state index in [2.05, 4.69) is 27.5 Å². The number of carbonyl (C=O) groups excluding carboxylic acids is 2. The van der Waals surface area contributed by atoms with E-state index in [1.807, 2.05) is 0 Å². The van der Waals surface area contributed by atoms with Gasteiger partial charge < -0.3 is 10.3 Å². The SMILES string of the molecule is CCCCCNC(=O)Cc1csc(NC(=O)c2ccc(=O)[nH]c2)n1. The van der Waals surface area contributed by atoms with Crippen LogP contribution in [-0.2, 0) is 11.2 Å². The van der Waals surface area contributed by atoms with Gasteiger partial charge in [0.15, 0.2) is 5.13 Å². The molecule has 0 spiro atoms. The molecule has 2 amide bonds. The summed E-state index contributed by atoms with van der Waals surface area (Å²) in [6.45, 7) is 2.78. The molecule has 0 saturated carbocycles. The number of thiazole rings is 1. The molecule has 0 saturated heterocycles. The van der Waals surface area contributed by atoms with Crippen LogP contribution in [0, 0.1) is 0 Å². The number of hydrogen-bond acceptors (Lipinski definition) is 5. The van der Waals surface area contributed by atoms with Crippen molar-refractivity contribution >= 4 is 28.3 Å². The third-order valence-electron chi connectivity index (χ3n) is 3.26. The maximum absolute atomic E-state index is 12.0. The monoisotopic (exact) mass is 348 g/mol. The van der Waals surface area contributed by atoms with Crippen LogP contribution >= 0.6 is 11.3 Å². The summed E-state index contributed by atoms with van der Waals surface area (Å²) in [5.74, 6) is -0.439. The summed E-state index contributed by atoms with van der Waals surface area (Å²) in [6.07, 6.45) is 4.71. The lowest BCUT2D eigenvalue weighted by Gasteiger charge is -2.03. The van der Waals surface area contributed by atoms with Gasteiger partial charge in [-0.25, -0.2) is 4.98 Å². The zero-order valence-corrected chi connectivity index (χ0v) is 14.2. The Bertz CT molecular complexity index is 733. The fourth-order valence-electron chi connectivity index (χ4n) is 2.00. The Kier molecular flexibility index (Phi) is 6.68. The topological polar surface area (TPSA) is 104 Å². The van der Waals surface area contributed by atoms with Crippen molar-refractivity contribution in [3.05, 3.63) is 45.3 Å². The van der Waals surface area contributed by atoms with E-state index in [0.29, 0.717) is 22.9 Å². The number of carbonyl (C=O) groups is 2. The van der Waals surface area contributed by atoms with Crippen LogP contribution in [0.4, 0.5) is 5.13 Å². The van der Waals surface area contributed by atoms with Crippen molar-refractivity contribution in [3.63, 3.8) is 0 Å². The van der Waals surface area contributed by atoms with Crippen LogP contribution in [-0.4, -0.2) is 28.3 Å². The highest BCUT2D eigenvalue weighted by Crippen LogP contribution is 2.16. The first-order valence-electron chi connectivity index (χ1n) is 7.79. The Balaban J connectivity index is 1.84. The molecule has 2 aromatic heterocycles. The van der Waals surface area contributed by atoms with Crippen LogP contribution < -0.4 is 16.2 Å². The average molecular weight is 348 g/mol. The van der Waals surface area contributed by atoms with Crippen molar-refractivity contribution in [1.29, 1.82) is 0 Å². The maximum atomic E-state index is 12.0. The molecule has 0 unspecified atom stereocenters. The molecule has 2 aromatic rings. The summed E-state index contributed by atoms with van der Waals surface area (Å²) >= 11 is 1.25. The number of hydrogen-bond donors (Lipinski definition) is 3. The molecule has 0 aromatic carbocycles. The Morgan fingerprint density at radius 2 is 2.12 bits per heavy atom. The van der Waals surface area contributed by atoms with Gasteiger partial charge in [-0.15, -0.1) is 11.3 Å². The van der Waals surface area contributed by atoms with Crippen molar-refractivity contribution in [2.45, 2.75) is 32.6 Å². The van der Waals surface area contributed by atoms with E-state index in [9.17, 15) is 14.4 Å². The third kappa shape index (κ3) is 5.62. The molecular formula is C16H20N4O3S. The summed E-state index contributed by atoms with van der Waals surface area (Å²) in [6, 6.07) is 2.72. The van der Waals surface area contributed by atoms with Gasteiger partial charge in [-0.2, -0.15) is 0 Å². The molecular weight excluding hydrogens is 328 g/mol. The summed E-state index contributed by atoms with van der Waals surface area (Å²) in [5.41, 5.74) is 0.679. The molecule has 0 aliphatic heterocycles. The number of unbranched alkanes of at least 4 members (excludes halogenated alkanes) is 2. The largest absolute Gasteiger partial charge is 0.356 e. The first kappa shape index (κ1) is 17.9. The highest BCUT2D eigenvalue weighted by Gasteiger charge is 2.11. The molecule has 0 aliphatic rings. The smallest absolute Gasteiger partial charge is 0.258 e. The molecule has 0 radical (unpaired) electrons. The number of H-pyrrole nitrogens is 1. The Hall–Kier alpha value is -2.48. The fraction of sp³-hybridized carbons (Fsp3) is 0.375. The average Bonchev–Trinajstić information content (AvgIpc) is 2.99. The van der Waals surface area contributed by atoms with Gasteiger partial charge >= 0.3 is 0 Å². The highest BCUT2D eigenvalue weighted by atomic mass is 32.1. The van der Waals surface area contributed by atoms with Crippen molar-refractivity contribution < 1.29 is 9.59 Å². The number of pyridine rings is 1. The molecule has 3 N–H and O–H groups in total.